The Morgan fingerprint density at radius 3 is 2.50 bits per heavy atom. The van der Waals surface area contributed by atoms with Crippen LogP contribution in [0.1, 0.15) is 18.7 Å². The third-order valence-corrected chi connectivity index (χ3v) is 5.88. The average molecular weight is 432 g/mol. The molecule has 1 aliphatic carbocycles. The summed E-state index contributed by atoms with van der Waals surface area (Å²) in [4.78, 5) is 13.4. The SMILES string of the molecule is CSc1ccc(-c2nc(C3=CC=C(F)CC3)oc2Sc2ccc(Cl)cn2)cn1. The largest absolute Gasteiger partial charge is 0.429 e. The molecule has 0 saturated heterocycles. The molecule has 0 saturated carbocycles. The second-order valence-electron chi connectivity index (χ2n) is 5.97. The van der Waals surface area contributed by atoms with Crippen LogP contribution >= 0.6 is 35.1 Å². The quantitative estimate of drug-likeness (QED) is 0.419. The molecule has 0 N–H and O–H groups in total. The standard InChI is InChI=1S/C20H15ClFN3OS2/c1-27-16-8-4-13(10-23-16)18-20(28-17-9-5-14(21)11-24-17)26-19(25-18)12-2-6-15(22)7-3-12/h2,4-6,8-11H,3,7H2,1H3. The highest BCUT2D eigenvalue weighted by Gasteiger charge is 2.21. The highest BCUT2D eigenvalue weighted by Crippen LogP contribution is 2.39. The number of thioether (sulfide) groups is 1. The van der Waals surface area contributed by atoms with E-state index in [0.717, 1.165) is 21.2 Å². The molecule has 0 fully saturated rings. The Labute approximate surface area is 175 Å². The Morgan fingerprint density at radius 2 is 1.86 bits per heavy atom. The Bertz CT molecular complexity index is 1050. The number of allylic oxidation sites excluding steroid dienone is 4. The van der Waals surface area contributed by atoms with Crippen LogP contribution in [-0.2, 0) is 0 Å². The molecule has 3 aromatic rings. The van der Waals surface area contributed by atoms with Crippen molar-refractivity contribution in [1.82, 2.24) is 15.0 Å². The molecule has 8 heteroatoms. The lowest BCUT2D eigenvalue weighted by atomic mass is 10.0. The average Bonchev–Trinajstić information content (AvgIpc) is 3.14. The summed E-state index contributed by atoms with van der Waals surface area (Å²) in [6.07, 6.45) is 9.44. The van der Waals surface area contributed by atoms with E-state index in [0.29, 0.717) is 34.5 Å². The summed E-state index contributed by atoms with van der Waals surface area (Å²) in [7, 11) is 0. The topological polar surface area (TPSA) is 51.8 Å². The number of nitrogens with zero attached hydrogens (tertiary/aromatic N) is 3. The molecule has 3 aromatic heterocycles. The summed E-state index contributed by atoms with van der Waals surface area (Å²) in [5.74, 6) is 0.358. The molecule has 28 heavy (non-hydrogen) atoms. The van der Waals surface area contributed by atoms with Gasteiger partial charge in [0, 0.05) is 30.0 Å². The van der Waals surface area contributed by atoms with E-state index in [1.807, 2.05) is 24.5 Å². The molecule has 0 aliphatic heterocycles. The number of oxazole rings is 1. The van der Waals surface area contributed by atoms with Gasteiger partial charge in [-0.1, -0.05) is 17.7 Å². The number of aromatic nitrogens is 3. The third-order valence-electron chi connectivity index (χ3n) is 4.09. The third kappa shape index (κ3) is 4.32. The summed E-state index contributed by atoms with van der Waals surface area (Å²) in [5, 5.41) is 2.85. The molecule has 3 heterocycles. The molecule has 0 radical (unpaired) electrons. The summed E-state index contributed by atoms with van der Waals surface area (Å²) >= 11 is 8.87. The number of hydrogen-bond acceptors (Lipinski definition) is 6. The molecule has 0 aromatic carbocycles. The highest BCUT2D eigenvalue weighted by molar-refractivity contribution is 7.99. The lowest BCUT2D eigenvalue weighted by Crippen LogP contribution is -1.91. The maximum absolute atomic E-state index is 13.3. The molecular formula is C20H15ClFN3OS2. The smallest absolute Gasteiger partial charge is 0.224 e. The van der Waals surface area contributed by atoms with Gasteiger partial charge in [0.15, 0.2) is 5.09 Å². The molecule has 4 rings (SSSR count). The number of pyridine rings is 2. The minimum absolute atomic E-state index is 0.132. The predicted molar refractivity (Wildman–Crippen MR) is 111 cm³/mol. The fraction of sp³-hybridized carbons (Fsp3) is 0.150. The molecular weight excluding hydrogens is 417 g/mol. The second-order valence-corrected chi connectivity index (χ2v) is 8.22. The van der Waals surface area contributed by atoms with Gasteiger partial charge in [-0.3, -0.25) is 0 Å². The van der Waals surface area contributed by atoms with E-state index in [4.69, 9.17) is 21.0 Å². The Balaban J connectivity index is 1.74. The Hall–Kier alpha value is -2.09. The minimum atomic E-state index is -0.132. The van der Waals surface area contributed by atoms with Gasteiger partial charge in [0.1, 0.15) is 16.5 Å². The van der Waals surface area contributed by atoms with Gasteiger partial charge in [-0.2, -0.15) is 0 Å². The maximum atomic E-state index is 13.3. The summed E-state index contributed by atoms with van der Waals surface area (Å²) in [5.41, 5.74) is 2.41. The lowest BCUT2D eigenvalue weighted by molar-refractivity contribution is 0.455. The van der Waals surface area contributed by atoms with Crippen molar-refractivity contribution in [2.75, 3.05) is 6.26 Å². The summed E-state index contributed by atoms with van der Waals surface area (Å²) in [6, 6.07) is 7.52. The first-order valence-electron chi connectivity index (χ1n) is 8.48. The van der Waals surface area contributed by atoms with Crippen molar-refractivity contribution in [3.63, 3.8) is 0 Å². The van der Waals surface area contributed by atoms with Crippen molar-refractivity contribution >= 4 is 40.7 Å². The van der Waals surface area contributed by atoms with Crippen LogP contribution in [0.15, 0.2) is 74.2 Å². The fourth-order valence-electron chi connectivity index (χ4n) is 2.64. The summed E-state index contributed by atoms with van der Waals surface area (Å²) < 4.78 is 19.4. The van der Waals surface area contributed by atoms with Gasteiger partial charge in [-0.05, 0) is 54.8 Å². The van der Waals surface area contributed by atoms with E-state index in [9.17, 15) is 4.39 Å². The zero-order chi connectivity index (χ0) is 19.5. The molecule has 4 nitrogen and oxygen atoms in total. The van der Waals surface area contributed by atoms with Crippen molar-refractivity contribution < 1.29 is 8.81 Å². The molecule has 0 unspecified atom stereocenters. The van der Waals surface area contributed by atoms with Crippen molar-refractivity contribution in [3.8, 4) is 11.3 Å². The van der Waals surface area contributed by atoms with E-state index < -0.39 is 0 Å². The van der Waals surface area contributed by atoms with E-state index >= 15 is 0 Å². The lowest BCUT2D eigenvalue weighted by Gasteiger charge is -2.05. The van der Waals surface area contributed by atoms with Crippen LogP contribution in [0, 0.1) is 0 Å². The first-order valence-corrected chi connectivity index (χ1v) is 10.9. The van der Waals surface area contributed by atoms with Gasteiger partial charge in [-0.25, -0.2) is 19.3 Å². The van der Waals surface area contributed by atoms with E-state index in [1.54, 1.807) is 36.3 Å². The molecule has 1 aliphatic rings. The first-order chi connectivity index (χ1) is 13.6. The van der Waals surface area contributed by atoms with Crippen LogP contribution in [-0.4, -0.2) is 21.2 Å². The van der Waals surface area contributed by atoms with Gasteiger partial charge in [-0.15, -0.1) is 11.8 Å². The van der Waals surface area contributed by atoms with Crippen molar-refractivity contribution in [2.24, 2.45) is 0 Å². The normalized spacial score (nSPS) is 14.0. The van der Waals surface area contributed by atoms with Crippen molar-refractivity contribution in [2.45, 2.75) is 28.0 Å². The van der Waals surface area contributed by atoms with Crippen LogP contribution in [0.3, 0.4) is 0 Å². The van der Waals surface area contributed by atoms with Crippen LogP contribution < -0.4 is 0 Å². The van der Waals surface area contributed by atoms with Gasteiger partial charge in [0.05, 0.1) is 10.0 Å². The van der Waals surface area contributed by atoms with Crippen LogP contribution in [0.5, 0.6) is 0 Å². The number of rotatable bonds is 5. The summed E-state index contributed by atoms with van der Waals surface area (Å²) in [6.45, 7) is 0. The molecule has 0 amide bonds. The van der Waals surface area contributed by atoms with Gasteiger partial charge < -0.3 is 4.42 Å². The number of halogens is 2. The zero-order valence-corrected chi connectivity index (χ0v) is 17.2. The van der Waals surface area contributed by atoms with Crippen LogP contribution in [0.2, 0.25) is 5.02 Å². The first kappa shape index (κ1) is 19.2. The highest BCUT2D eigenvalue weighted by atomic mass is 35.5. The zero-order valence-electron chi connectivity index (χ0n) is 14.9. The molecule has 0 spiro atoms. The Kier molecular flexibility index (Phi) is 5.85. The number of hydrogen-bond donors (Lipinski definition) is 0. The maximum Gasteiger partial charge on any atom is 0.224 e. The fourth-order valence-corrected chi connectivity index (χ4v) is 3.93. The van der Waals surface area contributed by atoms with Crippen molar-refractivity contribution in [3.05, 3.63) is 65.6 Å². The minimum Gasteiger partial charge on any atom is -0.429 e. The predicted octanol–water partition coefficient (Wildman–Crippen LogP) is 6.69. The second kappa shape index (κ2) is 8.51. The molecule has 0 atom stereocenters. The Morgan fingerprint density at radius 1 is 1.04 bits per heavy atom. The van der Waals surface area contributed by atoms with Crippen molar-refractivity contribution in [1.29, 1.82) is 0 Å². The molecule has 0 bridgehead atoms. The van der Waals surface area contributed by atoms with Crippen LogP contribution in [0.4, 0.5) is 4.39 Å². The van der Waals surface area contributed by atoms with E-state index in [-0.39, 0.29) is 5.83 Å². The van der Waals surface area contributed by atoms with Gasteiger partial charge in [0.25, 0.3) is 0 Å². The molecule has 142 valence electrons. The van der Waals surface area contributed by atoms with E-state index in [1.165, 1.54) is 17.8 Å². The van der Waals surface area contributed by atoms with Crippen LogP contribution in [0.25, 0.3) is 16.8 Å². The van der Waals surface area contributed by atoms with Gasteiger partial charge >= 0.3 is 0 Å². The monoisotopic (exact) mass is 431 g/mol. The van der Waals surface area contributed by atoms with Gasteiger partial charge in [0.2, 0.25) is 5.89 Å². The van der Waals surface area contributed by atoms with E-state index in [2.05, 4.69) is 9.97 Å².